The van der Waals surface area contributed by atoms with Crippen LogP contribution in [-0.4, -0.2) is 24.6 Å². The second-order valence-corrected chi connectivity index (χ2v) is 5.49. The lowest BCUT2D eigenvalue weighted by Crippen LogP contribution is -2.07. The molecule has 0 saturated heterocycles. The maximum absolute atomic E-state index is 4.65. The van der Waals surface area contributed by atoms with Crippen LogP contribution in [0, 0.1) is 6.92 Å². The van der Waals surface area contributed by atoms with Crippen molar-refractivity contribution in [3.05, 3.63) is 72.6 Å². The Kier molecular flexibility index (Phi) is 3.63. The molecular weight excluding hydrogens is 300 g/mol. The molecule has 4 aromatic heterocycles. The number of aryl methyl sites for hydroxylation is 1. The second kappa shape index (κ2) is 6.08. The molecule has 4 heterocycles. The van der Waals surface area contributed by atoms with Crippen molar-refractivity contribution in [3.8, 4) is 11.1 Å². The lowest BCUT2D eigenvalue weighted by molar-refractivity contribution is 0.909. The van der Waals surface area contributed by atoms with Gasteiger partial charge in [-0.2, -0.15) is 9.61 Å². The zero-order valence-electron chi connectivity index (χ0n) is 13.2. The highest BCUT2D eigenvalue weighted by Crippen LogP contribution is 2.25. The predicted octanol–water partition coefficient (Wildman–Crippen LogP) is 3.11. The molecule has 0 fully saturated rings. The van der Waals surface area contributed by atoms with Gasteiger partial charge in [-0.1, -0.05) is 6.07 Å². The average Bonchev–Trinajstić information content (AvgIpc) is 3.05. The van der Waals surface area contributed by atoms with Gasteiger partial charge < -0.3 is 5.32 Å². The number of rotatable bonds is 4. The molecular formula is C18H16N6. The lowest BCUT2D eigenvalue weighted by Gasteiger charge is -2.09. The van der Waals surface area contributed by atoms with Crippen LogP contribution in [0.3, 0.4) is 0 Å². The monoisotopic (exact) mass is 316 g/mol. The van der Waals surface area contributed by atoms with Gasteiger partial charge in [0, 0.05) is 35.9 Å². The molecule has 118 valence electrons. The number of pyridine rings is 2. The number of hydrogen-bond acceptors (Lipinski definition) is 5. The zero-order chi connectivity index (χ0) is 16.4. The van der Waals surface area contributed by atoms with Crippen LogP contribution < -0.4 is 5.32 Å². The smallest absolute Gasteiger partial charge is 0.165 e. The van der Waals surface area contributed by atoms with E-state index in [4.69, 9.17) is 0 Å². The molecule has 0 aliphatic heterocycles. The molecule has 24 heavy (non-hydrogen) atoms. The predicted molar refractivity (Wildman–Crippen MR) is 92.5 cm³/mol. The minimum absolute atomic E-state index is 0.629. The van der Waals surface area contributed by atoms with E-state index in [0.29, 0.717) is 6.54 Å². The lowest BCUT2D eigenvalue weighted by atomic mass is 10.1. The summed E-state index contributed by atoms with van der Waals surface area (Å²) >= 11 is 0. The van der Waals surface area contributed by atoms with Crippen molar-refractivity contribution in [2.45, 2.75) is 13.5 Å². The van der Waals surface area contributed by atoms with Crippen LogP contribution in [0.2, 0.25) is 0 Å². The van der Waals surface area contributed by atoms with Gasteiger partial charge in [0.2, 0.25) is 0 Å². The summed E-state index contributed by atoms with van der Waals surface area (Å²) in [5.41, 5.74) is 4.77. The normalized spacial score (nSPS) is 10.9. The fourth-order valence-corrected chi connectivity index (χ4v) is 2.63. The van der Waals surface area contributed by atoms with Crippen molar-refractivity contribution in [3.63, 3.8) is 0 Å². The topological polar surface area (TPSA) is 68.0 Å². The third-order valence-corrected chi connectivity index (χ3v) is 3.77. The molecule has 0 aromatic carbocycles. The van der Waals surface area contributed by atoms with Crippen LogP contribution in [0.15, 0.2) is 61.2 Å². The fourth-order valence-electron chi connectivity index (χ4n) is 2.63. The molecule has 0 amide bonds. The van der Waals surface area contributed by atoms with Crippen LogP contribution in [-0.2, 0) is 6.54 Å². The molecule has 0 radical (unpaired) electrons. The second-order valence-electron chi connectivity index (χ2n) is 5.49. The fraction of sp³-hybridized carbons (Fsp3) is 0.111. The highest BCUT2D eigenvalue weighted by atomic mass is 15.3. The van der Waals surface area contributed by atoms with E-state index in [1.807, 2.05) is 54.0 Å². The summed E-state index contributed by atoms with van der Waals surface area (Å²) in [5, 5.41) is 7.89. The highest BCUT2D eigenvalue weighted by molar-refractivity contribution is 5.77. The molecule has 6 nitrogen and oxygen atoms in total. The van der Waals surface area contributed by atoms with Crippen LogP contribution in [0.25, 0.3) is 16.8 Å². The number of hydrogen-bond donors (Lipinski definition) is 1. The molecule has 4 rings (SSSR count). The first kappa shape index (κ1) is 14.3. The summed E-state index contributed by atoms with van der Waals surface area (Å²) in [7, 11) is 0. The Labute approximate surface area is 139 Å². The summed E-state index contributed by atoms with van der Waals surface area (Å²) in [6.45, 7) is 2.61. The van der Waals surface area contributed by atoms with E-state index in [0.717, 1.165) is 34.0 Å². The quantitative estimate of drug-likeness (QED) is 0.626. The molecule has 0 bridgehead atoms. The van der Waals surface area contributed by atoms with Crippen LogP contribution >= 0.6 is 0 Å². The first-order valence-corrected chi connectivity index (χ1v) is 7.71. The van der Waals surface area contributed by atoms with Gasteiger partial charge in [-0.3, -0.25) is 9.97 Å². The summed E-state index contributed by atoms with van der Waals surface area (Å²) in [5.74, 6) is 0.892. The molecule has 0 unspecified atom stereocenters. The third kappa shape index (κ3) is 2.69. The van der Waals surface area contributed by atoms with Crippen molar-refractivity contribution < 1.29 is 0 Å². The van der Waals surface area contributed by atoms with E-state index < -0.39 is 0 Å². The Hall–Kier alpha value is -3.28. The number of anilines is 1. The largest absolute Gasteiger partial charge is 0.364 e. The molecule has 0 saturated carbocycles. The van der Waals surface area contributed by atoms with Gasteiger partial charge >= 0.3 is 0 Å². The molecule has 0 spiro atoms. The zero-order valence-corrected chi connectivity index (χ0v) is 13.2. The van der Waals surface area contributed by atoms with E-state index in [2.05, 4.69) is 25.4 Å². The van der Waals surface area contributed by atoms with E-state index in [9.17, 15) is 0 Å². The van der Waals surface area contributed by atoms with Crippen molar-refractivity contribution >= 4 is 11.5 Å². The first-order valence-electron chi connectivity index (χ1n) is 7.71. The van der Waals surface area contributed by atoms with Crippen molar-refractivity contribution in [1.82, 2.24) is 24.6 Å². The Morgan fingerprint density at radius 2 is 1.96 bits per heavy atom. The Morgan fingerprint density at radius 3 is 2.75 bits per heavy atom. The summed E-state index contributed by atoms with van der Waals surface area (Å²) in [6, 6.07) is 11.8. The Morgan fingerprint density at radius 1 is 1.08 bits per heavy atom. The van der Waals surface area contributed by atoms with Gasteiger partial charge in [0.05, 0.1) is 18.4 Å². The summed E-state index contributed by atoms with van der Waals surface area (Å²) in [4.78, 5) is 13.1. The maximum Gasteiger partial charge on any atom is 0.165 e. The van der Waals surface area contributed by atoms with Crippen LogP contribution in [0.1, 0.15) is 11.4 Å². The maximum atomic E-state index is 4.65. The van der Waals surface area contributed by atoms with Gasteiger partial charge in [-0.25, -0.2) is 4.98 Å². The molecule has 0 aliphatic rings. The van der Waals surface area contributed by atoms with Crippen LogP contribution in [0.4, 0.5) is 5.82 Å². The third-order valence-electron chi connectivity index (χ3n) is 3.77. The average molecular weight is 316 g/mol. The minimum Gasteiger partial charge on any atom is -0.364 e. The molecule has 6 heteroatoms. The highest BCUT2D eigenvalue weighted by Gasteiger charge is 2.11. The Balaban J connectivity index is 1.73. The van der Waals surface area contributed by atoms with Gasteiger partial charge in [-0.05, 0) is 36.8 Å². The summed E-state index contributed by atoms with van der Waals surface area (Å²) < 4.78 is 1.83. The van der Waals surface area contributed by atoms with Gasteiger partial charge in [-0.15, -0.1) is 0 Å². The number of aromatic nitrogens is 5. The number of nitrogens with one attached hydrogen (secondary N) is 1. The summed E-state index contributed by atoms with van der Waals surface area (Å²) in [6.07, 6.45) is 7.17. The van der Waals surface area contributed by atoms with E-state index in [-0.39, 0.29) is 0 Å². The first-order chi connectivity index (χ1) is 11.8. The van der Waals surface area contributed by atoms with Crippen molar-refractivity contribution in [2.24, 2.45) is 0 Å². The molecule has 0 aliphatic carbocycles. The molecule has 0 atom stereocenters. The van der Waals surface area contributed by atoms with Gasteiger partial charge in [0.25, 0.3) is 0 Å². The molecule has 1 N–H and O–H groups in total. The van der Waals surface area contributed by atoms with E-state index in [1.54, 1.807) is 18.6 Å². The number of nitrogens with zero attached hydrogens (tertiary/aromatic N) is 5. The van der Waals surface area contributed by atoms with E-state index >= 15 is 0 Å². The number of fused-ring (bicyclic) bond motifs is 1. The Bertz CT molecular complexity index is 963. The van der Waals surface area contributed by atoms with Crippen molar-refractivity contribution in [2.75, 3.05) is 5.32 Å². The standard InChI is InChI=1S/C18H16N6/c1-13-10-17(21-11-15-4-2-3-7-20-15)24-18(23-13)16(12-22-24)14-5-8-19-9-6-14/h2-10,12,21H,11H2,1H3. The SMILES string of the molecule is Cc1cc(NCc2ccccn2)n2ncc(-c3ccncc3)c2n1. The minimum atomic E-state index is 0.629. The van der Waals surface area contributed by atoms with Crippen molar-refractivity contribution in [1.29, 1.82) is 0 Å². The van der Waals surface area contributed by atoms with Gasteiger partial charge in [0.1, 0.15) is 5.82 Å². The van der Waals surface area contributed by atoms with E-state index in [1.165, 1.54) is 0 Å². The van der Waals surface area contributed by atoms with Crippen LogP contribution in [0.5, 0.6) is 0 Å². The molecule has 4 aromatic rings. The van der Waals surface area contributed by atoms with Gasteiger partial charge in [0.15, 0.2) is 5.65 Å².